The molecule has 132 valence electrons. The zero-order valence-corrected chi connectivity index (χ0v) is 15.4. The van der Waals surface area contributed by atoms with Gasteiger partial charge in [-0.05, 0) is 48.9 Å². The molecular formula is C20H19N3O2S. The number of benzene rings is 1. The van der Waals surface area contributed by atoms with Crippen molar-refractivity contribution in [3.8, 4) is 5.75 Å². The molecule has 0 saturated carbocycles. The minimum absolute atomic E-state index is 0.118. The molecule has 2 heterocycles. The van der Waals surface area contributed by atoms with Gasteiger partial charge in [-0.2, -0.15) is 0 Å². The van der Waals surface area contributed by atoms with Crippen LogP contribution in [0.25, 0.3) is 0 Å². The highest BCUT2D eigenvalue weighted by Crippen LogP contribution is 2.36. The molecule has 1 N–H and O–H groups in total. The lowest BCUT2D eigenvalue weighted by atomic mass is 10.1. The maximum Gasteiger partial charge on any atom is 0.258 e. The van der Waals surface area contributed by atoms with Gasteiger partial charge in [-0.1, -0.05) is 23.9 Å². The Balaban J connectivity index is 1.79. The second-order valence-corrected chi connectivity index (χ2v) is 6.91. The molecule has 1 unspecified atom stereocenters. The molecule has 2 aromatic heterocycles. The van der Waals surface area contributed by atoms with Crippen LogP contribution in [0.1, 0.15) is 28.1 Å². The number of anilines is 1. The van der Waals surface area contributed by atoms with Crippen LogP contribution in [-0.2, 0) is 0 Å². The summed E-state index contributed by atoms with van der Waals surface area (Å²) in [6.45, 7) is 2.08. The number of carbonyl (C=O) groups is 1. The van der Waals surface area contributed by atoms with Crippen LogP contribution in [0.15, 0.2) is 72.1 Å². The van der Waals surface area contributed by atoms with Crippen LogP contribution in [0.3, 0.4) is 0 Å². The van der Waals surface area contributed by atoms with Crippen LogP contribution in [0.2, 0.25) is 0 Å². The number of hydrogen-bond donors (Lipinski definition) is 1. The number of thioether (sulfide) groups is 1. The number of nitrogens with zero attached hydrogens (tertiary/aromatic N) is 2. The molecule has 1 amide bonds. The molecule has 0 spiro atoms. The molecule has 0 aliphatic heterocycles. The lowest BCUT2D eigenvalue weighted by Crippen LogP contribution is -2.13. The fraction of sp³-hybridized carbons (Fsp3) is 0.150. The fourth-order valence-corrected chi connectivity index (χ4v) is 3.45. The van der Waals surface area contributed by atoms with E-state index in [2.05, 4.69) is 22.2 Å². The SMILES string of the molecule is COc1cccc(C(C)Sc2ncccc2C(=O)Nc2ccncc2)c1. The molecule has 6 heteroatoms. The molecule has 0 aliphatic rings. The molecule has 0 aliphatic carbocycles. The summed E-state index contributed by atoms with van der Waals surface area (Å²) in [6.07, 6.45) is 4.97. The second-order valence-electron chi connectivity index (χ2n) is 5.58. The summed E-state index contributed by atoms with van der Waals surface area (Å²) in [4.78, 5) is 21.0. The number of pyridine rings is 2. The monoisotopic (exact) mass is 365 g/mol. The van der Waals surface area contributed by atoms with Crippen molar-refractivity contribution in [3.63, 3.8) is 0 Å². The number of amides is 1. The highest BCUT2D eigenvalue weighted by molar-refractivity contribution is 7.99. The van der Waals surface area contributed by atoms with E-state index in [1.165, 1.54) is 0 Å². The molecular weight excluding hydrogens is 346 g/mol. The van der Waals surface area contributed by atoms with E-state index in [-0.39, 0.29) is 11.2 Å². The van der Waals surface area contributed by atoms with Gasteiger partial charge >= 0.3 is 0 Å². The maximum absolute atomic E-state index is 12.6. The molecule has 0 saturated heterocycles. The van der Waals surface area contributed by atoms with Gasteiger partial charge in [0.15, 0.2) is 0 Å². The Bertz CT molecular complexity index is 887. The van der Waals surface area contributed by atoms with Crippen LogP contribution < -0.4 is 10.1 Å². The van der Waals surface area contributed by atoms with Gasteiger partial charge in [0.05, 0.1) is 12.7 Å². The normalized spacial score (nSPS) is 11.6. The highest BCUT2D eigenvalue weighted by atomic mass is 32.2. The van der Waals surface area contributed by atoms with E-state index in [0.29, 0.717) is 16.3 Å². The number of carbonyl (C=O) groups excluding carboxylic acids is 1. The number of nitrogens with one attached hydrogen (secondary N) is 1. The first-order valence-corrected chi connectivity index (χ1v) is 9.02. The Labute approximate surface area is 156 Å². The largest absolute Gasteiger partial charge is 0.497 e. The molecule has 5 nitrogen and oxygen atoms in total. The summed E-state index contributed by atoms with van der Waals surface area (Å²) in [6, 6.07) is 15.0. The topological polar surface area (TPSA) is 64.1 Å². The van der Waals surface area contributed by atoms with Crippen molar-refractivity contribution in [2.75, 3.05) is 12.4 Å². The van der Waals surface area contributed by atoms with E-state index in [1.807, 2.05) is 24.3 Å². The Morgan fingerprint density at radius 2 is 1.92 bits per heavy atom. The first-order chi connectivity index (χ1) is 12.7. The van der Waals surface area contributed by atoms with Crippen LogP contribution in [0.4, 0.5) is 5.69 Å². The van der Waals surface area contributed by atoms with E-state index < -0.39 is 0 Å². The van der Waals surface area contributed by atoms with Crippen molar-refractivity contribution >= 4 is 23.4 Å². The third-order valence-electron chi connectivity index (χ3n) is 3.81. The third-order valence-corrected chi connectivity index (χ3v) is 4.98. The summed E-state index contributed by atoms with van der Waals surface area (Å²) in [5.74, 6) is 0.622. The van der Waals surface area contributed by atoms with Crippen molar-refractivity contribution in [1.29, 1.82) is 0 Å². The average Bonchev–Trinajstić information content (AvgIpc) is 2.69. The van der Waals surface area contributed by atoms with Crippen molar-refractivity contribution in [2.45, 2.75) is 17.2 Å². The summed E-state index contributed by atoms with van der Waals surface area (Å²) in [7, 11) is 1.65. The van der Waals surface area contributed by atoms with Gasteiger partial charge < -0.3 is 10.1 Å². The van der Waals surface area contributed by atoms with Crippen molar-refractivity contribution in [1.82, 2.24) is 9.97 Å². The fourth-order valence-electron chi connectivity index (χ4n) is 2.42. The van der Waals surface area contributed by atoms with E-state index in [4.69, 9.17) is 4.74 Å². The summed E-state index contributed by atoms with van der Waals surface area (Å²) >= 11 is 1.54. The van der Waals surface area contributed by atoms with Gasteiger partial charge in [-0.3, -0.25) is 9.78 Å². The van der Waals surface area contributed by atoms with Gasteiger partial charge in [0.1, 0.15) is 10.8 Å². The Hall–Kier alpha value is -2.86. The van der Waals surface area contributed by atoms with E-state index in [9.17, 15) is 4.79 Å². The zero-order chi connectivity index (χ0) is 18.4. The Kier molecular flexibility index (Phi) is 5.86. The van der Waals surface area contributed by atoms with E-state index in [1.54, 1.807) is 61.7 Å². The Morgan fingerprint density at radius 3 is 2.69 bits per heavy atom. The lowest BCUT2D eigenvalue weighted by molar-refractivity contribution is 0.102. The van der Waals surface area contributed by atoms with Crippen molar-refractivity contribution in [3.05, 3.63) is 78.2 Å². The summed E-state index contributed by atoms with van der Waals surface area (Å²) < 4.78 is 5.29. The van der Waals surface area contributed by atoms with Crippen molar-refractivity contribution in [2.24, 2.45) is 0 Å². The Morgan fingerprint density at radius 1 is 1.12 bits per heavy atom. The van der Waals surface area contributed by atoms with E-state index >= 15 is 0 Å². The van der Waals surface area contributed by atoms with E-state index in [0.717, 1.165) is 11.3 Å². The smallest absolute Gasteiger partial charge is 0.258 e. The molecule has 3 rings (SSSR count). The first-order valence-electron chi connectivity index (χ1n) is 8.14. The molecule has 3 aromatic rings. The standard InChI is InChI=1S/C20H19N3O2S/c1-14(15-5-3-6-17(13-15)25-2)26-20-18(7-4-10-22-20)19(24)23-16-8-11-21-12-9-16/h3-14H,1-2H3,(H,21,23,24). The highest BCUT2D eigenvalue weighted by Gasteiger charge is 2.17. The zero-order valence-electron chi connectivity index (χ0n) is 14.5. The lowest BCUT2D eigenvalue weighted by Gasteiger charge is -2.14. The minimum atomic E-state index is -0.190. The van der Waals surface area contributed by atoms with Crippen LogP contribution >= 0.6 is 11.8 Å². The van der Waals surface area contributed by atoms with Crippen LogP contribution in [0.5, 0.6) is 5.75 Å². The van der Waals surface area contributed by atoms with Gasteiger partial charge in [0.2, 0.25) is 0 Å². The number of hydrogen-bond acceptors (Lipinski definition) is 5. The maximum atomic E-state index is 12.6. The molecule has 1 atom stereocenters. The predicted octanol–water partition coefficient (Wildman–Crippen LogP) is 4.59. The number of aromatic nitrogens is 2. The minimum Gasteiger partial charge on any atom is -0.497 e. The quantitative estimate of drug-likeness (QED) is 0.647. The summed E-state index contributed by atoms with van der Waals surface area (Å²) in [5.41, 5.74) is 2.36. The van der Waals surface area contributed by atoms with Crippen molar-refractivity contribution < 1.29 is 9.53 Å². The summed E-state index contributed by atoms with van der Waals surface area (Å²) in [5, 5.41) is 3.68. The molecule has 1 aromatic carbocycles. The van der Waals surface area contributed by atoms with Gasteiger partial charge in [0.25, 0.3) is 5.91 Å². The predicted molar refractivity (Wildman–Crippen MR) is 104 cm³/mol. The molecule has 0 fully saturated rings. The molecule has 0 radical (unpaired) electrons. The molecule has 26 heavy (non-hydrogen) atoms. The number of ether oxygens (including phenoxy) is 1. The van der Waals surface area contributed by atoms with Crippen LogP contribution in [-0.4, -0.2) is 23.0 Å². The first kappa shape index (κ1) is 17.9. The van der Waals surface area contributed by atoms with Gasteiger partial charge in [0, 0.05) is 29.5 Å². The third kappa shape index (κ3) is 4.40. The number of methoxy groups -OCH3 is 1. The number of rotatable bonds is 6. The average molecular weight is 365 g/mol. The van der Waals surface area contributed by atoms with Crippen LogP contribution in [0, 0.1) is 0 Å². The second kappa shape index (κ2) is 8.49. The van der Waals surface area contributed by atoms with Gasteiger partial charge in [-0.25, -0.2) is 4.98 Å². The van der Waals surface area contributed by atoms with Gasteiger partial charge in [-0.15, -0.1) is 0 Å². The molecule has 0 bridgehead atoms.